The van der Waals surface area contributed by atoms with Crippen molar-refractivity contribution in [1.82, 2.24) is 19.7 Å². The molecule has 6 heteroatoms. The lowest BCUT2D eigenvalue weighted by molar-refractivity contribution is 0.765. The van der Waals surface area contributed by atoms with Crippen LogP contribution in [0, 0.1) is 6.92 Å². The molecule has 2 aromatic heterocycles. The molecule has 0 aliphatic rings. The molecule has 5 nitrogen and oxygen atoms in total. The number of rotatable bonds is 6. The molecule has 2 aromatic rings. The summed E-state index contributed by atoms with van der Waals surface area (Å²) in [5, 5.41) is 12.4. The van der Waals surface area contributed by atoms with Crippen molar-refractivity contribution in [2.45, 2.75) is 31.2 Å². The summed E-state index contributed by atoms with van der Waals surface area (Å²) in [6.07, 6.45) is 3.01. The second-order valence-electron chi connectivity index (χ2n) is 4.36. The summed E-state index contributed by atoms with van der Waals surface area (Å²) in [4.78, 5) is 4.39. The average Bonchev–Trinajstić information content (AvgIpc) is 2.75. The van der Waals surface area contributed by atoms with Gasteiger partial charge in [-0.2, -0.15) is 0 Å². The maximum Gasteiger partial charge on any atom is 0.191 e. The minimum Gasteiger partial charge on any atom is -0.370 e. The first-order valence-corrected chi connectivity index (χ1v) is 7.37. The van der Waals surface area contributed by atoms with Crippen LogP contribution in [0.4, 0.5) is 5.82 Å². The Balaban J connectivity index is 1.91. The molecule has 2 heterocycles. The first-order valence-electron chi connectivity index (χ1n) is 6.38. The Bertz CT molecular complexity index is 520. The van der Waals surface area contributed by atoms with Gasteiger partial charge < -0.3 is 9.88 Å². The van der Waals surface area contributed by atoms with Gasteiger partial charge in [-0.1, -0.05) is 24.8 Å². The molecule has 0 spiro atoms. The molecular weight excluding hydrogens is 258 g/mol. The van der Waals surface area contributed by atoms with Crippen molar-refractivity contribution in [3.05, 3.63) is 29.7 Å². The van der Waals surface area contributed by atoms with Gasteiger partial charge in [-0.25, -0.2) is 4.98 Å². The van der Waals surface area contributed by atoms with E-state index in [4.69, 9.17) is 0 Å². The van der Waals surface area contributed by atoms with Gasteiger partial charge >= 0.3 is 0 Å². The number of nitrogens with one attached hydrogen (secondary N) is 1. The molecule has 0 amide bonds. The molecule has 0 unspecified atom stereocenters. The molecular formula is C13H19N5S. The summed E-state index contributed by atoms with van der Waals surface area (Å²) in [7, 11) is 1.98. The van der Waals surface area contributed by atoms with E-state index in [2.05, 4.69) is 33.5 Å². The monoisotopic (exact) mass is 277 g/mol. The Labute approximate surface area is 117 Å². The molecule has 19 heavy (non-hydrogen) atoms. The standard InChI is InChI=1S/C13H19N5S/c1-4-7-14-12-6-5-11(8-15-12)9-19-13-17-16-10(2)18(13)3/h5-6,8H,4,7,9H2,1-3H3,(H,14,15). The van der Waals surface area contributed by atoms with Crippen LogP contribution < -0.4 is 5.32 Å². The van der Waals surface area contributed by atoms with Gasteiger partial charge in [0.2, 0.25) is 0 Å². The highest BCUT2D eigenvalue weighted by atomic mass is 32.2. The SMILES string of the molecule is CCCNc1ccc(CSc2nnc(C)n2C)cn1. The molecule has 0 atom stereocenters. The molecule has 0 fully saturated rings. The van der Waals surface area contributed by atoms with Gasteiger partial charge in [-0.3, -0.25) is 0 Å². The van der Waals surface area contributed by atoms with Gasteiger partial charge in [0.25, 0.3) is 0 Å². The molecule has 1 N–H and O–H groups in total. The van der Waals surface area contributed by atoms with E-state index in [0.717, 1.165) is 35.5 Å². The molecule has 0 saturated heterocycles. The van der Waals surface area contributed by atoms with E-state index in [1.807, 2.05) is 30.8 Å². The minimum atomic E-state index is 0.854. The Hall–Kier alpha value is -1.56. The van der Waals surface area contributed by atoms with Gasteiger partial charge in [0.1, 0.15) is 11.6 Å². The minimum absolute atomic E-state index is 0.854. The van der Waals surface area contributed by atoms with Gasteiger partial charge in [0, 0.05) is 25.5 Å². The zero-order valence-electron chi connectivity index (χ0n) is 11.6. The van der Waals surface area contributed by atoms with Crippen LogP contribution in [0.3, 0.4) is 0 Å². The number of pyridine rings is 1. The topological polar surface area (TPSA) is 55.6 Å². The lowest BCUT2D eigenvalue weighted by Crippen LogP contribution is -2.01. The predicted octanol–water partition coefficient (Wildman–Crippen LogP) is 2.63. The Morgan fingerprint density at radius 2 is 2.16 bits per heavy atom. The zero-order chi connectivity index (χ0) is 13.7. The smallest absolute Gasteiger partial charge is 0.191 e. The third kappa shape index (κ3) is 3.70. The molecule has 0 saturated carbocycles. The summed E-state index contributed by atoms with van der Waals surface area (Å²) < 4.78 is 2.00. The molecule has 0 bridgehead atoms. The first kappa shape index (κ1) is 13.9. The number of thioether (sulfide) groups is 1. The molecule has 102 valence electrons. The normalized spacial score (nSPS) is 10.7. The molecule has 2 rings (SSSR count). The van der Waals surface area contributed by atoms with Gasteiger partial charge in [0.05, 0.1) is 0 Å². The number of nitrogens with zero attached hydrogens (tertiary/aromatic N) is 4. The summed E-state index contributed by atoms with van der Waals surface area (Å²) in [5.41, 5.74) is 1.19. The van der Waals surface area contributed by atoms with E-state index in [-0.39, 0.29) is 0 Å². The van der Waals surface area contributed by atoms with Gasteiger partial charge in [-0.15, -0.1) is 10.2 Å². The number of hydrogen-bond acceptors (Lipinski definition) is 5. The second kappa shape index (κ2) is 6.56. The van der Waals surface area contributed by atoms with Crippen LogP contribution in [0.15, 0.2) is 23.5 Å². The van der Waals surface area contributed by atoms with Crippen LogP contribution in [0.2, 0.25) is 0 Å². The lowest BCUT2D eigenvalue weighted by Gasteiger charge is -2.05. The van der Waals surface area contributed by atoms with Crippen molar-refractivity contribution in [2.75, 3.05) is 11.9 Å². The average molecular weight is 277 g/mol. The Morgan fingerprint density at radius 1 is 1.32 bits per heavy atom. The number of aryl methyl sites for hydroxylation is 1. The molecule has 0 aliphatic carbocycles. The molecule has 0 radical (unpaired) electrons. The summed E-state index contributed by atoms with van der Waals surface area (Å²) in [5.74, 6) is 2.72. The van der Waals surface area contributed by atoms with Crippen LogP contribution in [0.1, 0.15) is 24.7 Å². The third-order valence-corrected chi connectivity index (χ3v) is 3.89. The van der Waals surface area contributed by atoms with Gasteiger partial charge in [-0.05, 0) is 25.0 Å². The van der Waals surface area contributed by atoms with Crippen LogP contribution in [-0.4, -0.2) is 26.3 Å². The van der Waals surface area contributed by atoms with Crippen molar-refractivity contribution in [2.24, 2.45) is 7.05 Å². The fourth-order valence-electron chi connectivity index (χ4n) is 1.53. The first-order chi connectivity index (χ1) is 9.20. The lowest BCUT2D eigenvalue weighted by atomic mass is 10.3. The fraction of sp³-hybridized carbons (Fsp3) is 0.462. The van der Waals surface area contributed by atoms with Crippen LogP contribution in [0.25, 0.3) is 0 Å². The highest BCUT2D eigenvalue weighted by Gasteiger charge is 2.05. The predicted molar refractivity (Wildman–Crippen MR) is 78.3 cm³/mol. The quantitative estimate of drug-likeness (QED) is 0.823. The Morgan fingerprint density at radius 3 is 2.74 bits per heavy atom. The zero-order valence-corrected chi connectivity index (χ0v) is 12.4. The summed E-state index contributed by atoms with van der Waals surface area (Å²) >= 11 is 1.67. The highest BCUT2D eigenvalue weighted by Crippen LogP contribution is 2.20. The maximum absolute atomic E-state index is 4.39. The summed E-state index contributed by atoms with van der Waals surface area (Å²) in [6, 6.07) is 4.12. The number of anilines is 1. The number of hydrogen-bond donors (Lipinski definition) is 1. The van der Waals surface area contributed by atoms with Crippen LogP contribution in [0.5, 0.6) is 0 Å². The number of aromatic nitrogens is 4. The van der Waals surface area contributed by atoms with E-state index < -0.39 is 0 Å². The largest absolute Gasteiger partial charge is 0.370 e. The maximum atomic E-state index is 4.39. The van der Waals surface area contributed by atoms with Crippen LogP contribution in [-0.2, 0) is 12.8 Å². The summed E-state index contributed by atoms with van der Waals surface area (Å²) in [6.45, 7) is 5.05. The van der Waals surface area contributed by atoms with E-state index in [1.165, 1.54) is 5.56 Å². The van der Waals surface area contributed by atoms with E-state index >= 15 is 0 Å². The second-order valence-corrected chi connectivity index (χ2v) is 5.30. The van der Waals surface area contributed by atoms with Crippen molar-refractivity contribution in [3.8, 4) is 0 Å². The van der Waals surface area contributed by atoms with Crippen molar-refractivity contribution in [1.29, 1.82) is 0 Å². The molecule has 0 aliphatic heterocycles. The Kier molecular flexibility index (Phi) is 4.79. The van der Waals surface area contributed by atoms with E-state index in [9.17, 15) is 0 Å². The third-order valence-electron chi connectivity index (χ3n) is 2.80. The van der Waals surface area contributed by atoms with Crippen molar-refractivity contribution < 1.29 is 0 Å². The van der Waals surface area contributed by atoms with Crippen molar-refractivity contribution >= 4 is 17.6 Å². The molecule has 0 aromatic carbocycles. The van der Waals surface area contributed by atoms with E-state index in [0.29, 0.717) is 0 Å². The van der Waals surface area contributed by atoms with E-state index in [1.54, 1.807) is 11.8 Å². The van der Waals surface area contributed by atoms with Crippen LogP contribution >= 0.6 is 11.8 Å². The van der Waals surface area contributed by atoms with Crippen molar-refractivity contribution in [3.63, 3.8) is 0 Å². The highest BCUT2D eigenvalue weighted by molar-refractivity contribution is 7.98. The fourth-order valence-corrected chi connectivity index (χ4v) is 2.42. The van der Waals surface area contributed by atoms with Gasteiger partial charge in [0.15, 0.2) is 5.16 Å².